The molecule has 1 fully saturated rings. The molecule has 4 heterocycles. The zero-order chi connectivity index (χ0) is 28.4. The van der Waals surface area contributed by atoms with E-state index in [0.29, 0.717) is 40.1 Å². The highest BCUT2D eigenvalue weighted by molar-refractivity contribution is 7.17. The first-order valence-corrected chi connectivity index (χ1v) is 13.4. The van der Waals surface area contributed by atoms with Gasteiger partial charge in [-0.3, -0.25) is 19.1 Å². The van der Waals surface area contributed by atoms with E-state index in [1.165, 1.54) is 0 Å². The van der Waals surface area contributed by atoms with Crippen molar-refractivity contribution in [2.75, 3.05) is 18.1 Å². The monoisotopic (exact) mass is 563 g/mol. The Labute approximate surface area is 230 Å². The molecule has 2 aliphatic heterocycles. The third kappa shape index (κ3) is 5.43. The first-order valence-electron chi connectivity index (χ1n) is 12.7. The van der Waals surface area contributed by atoms with Crippen LogP contribution in [-0.4, -0.2) is 46.5 Å². The van der Waals surface area contributed by atoms with E-state index >= 15 is 0 Å². The highest BCUT2D eigenvalue weighted by Crippen LogP contribution is 2.42. The molecule has 0 saturated carbocycles. The van der Waals surface area contributed by atoms with Gasteiger partial charge in [0.05, 0.1) is 17.7 Å². The second kappa shape index (κ2) is 11.1. The summed E-state index contributed by atoms with van der Waals surface area (Å²) in [6.45, 7) is 4.47. The van der Waals surface area contributed by atoms with Gasteiger partial charge in [-0.05, 0) is 55.7 Å². The summed E-state index contributed by atoms with van der Waals surface area (Å²) in [5.41, 5.74) is 2.79. The molecule has 1 saturated heterocycles. The van der Waals surface area contributed by atoms with E-state index in [4.69, 9.17) is 13.8 Å². The summed E-state index contributed by atoms with van der Waals surface area (Å²) in [5.74, 6) is -1.73. The number of hydroxylamine groups is 2. The van der Waals surface area contributed by atoms with Crippen molar-refractivity contribution in [2.24, 2.45) is 0 Å². The largest absolute Gasteiger partial charge is 0.422 e. The first kappa shape index (κ1) is 27.4. The number of imide groups is 1. The van der Waals surface area contributed by atoms with E-state index in [1.54, 1.807) is 36.7 Å². The Morgan fingerprint density at radius 3 is 2.48 bits per heavy atom. The summed E-state index contributed by atoms with van der Waals surface area (Å²) in [6.07, 6.45) is 5.61. The van der Waals surface area contributed by atoms with E-state index in [0.717, 1.165) is 16.8 Å². The number of carbonyl (C=O) groups excluding carboxylic acids is 3. The van der Waals surface area contributed by atoms with E-state index in [1.807, 2.05) is 26.0 Å². The van der Waals surface area contributed by atoms with Gasteiger partial charge in [-0.1, -0.05) is 6.08 Å². The average molecular weight is 564 g/mol. The Morgan fingerprint density at radius 1 is 1.07 bits per heavy atom. The molecule has 1 aromatic carbocycles. The van der Waals surface area contributed by atoms with Gasteiger partial charge in [0.2, 0.25) is 0 Å². The van der Waals surface area contributed by atoms with Gasteiger partial charge >= 0.3 is 20.3 Å². The summed E-state index contributed by atoms with van der Waals surface area (Å²) >= 11 is 0. The molecule has 3 aromatic rings. The van der Waals surface area contributed by atoms with Crippen molar-refractivity contribution in [3.8, 4) is 11.1 Å². The predicted octanol–water partition coefficient (Wildman–Crippen LogP) is 4.45. The molecule has 0 spiro atoms. The molecular weight excluding hydrogens is 537 g/mol. The maximum absolute atomic E-state index is 12.9. The maximum Gasteiger partial charge on any atom is 0.344 e. The summed E-state index contributed by atoms with van der Waals surface area (Å²) in [5, 5.41) is 1.24. The Morgan fingerprint density at radius 2 is 1.77 bits per heavy atom. The van der Waals surface area contributed by atoms with Crippen molar-refractivity contribution >= 4 is 48.7 Å². The van der Waals surface area contributed by atoms with Crippen LogP contribution in [-0.2, 0) is 28.3 Å². The number of hydrogen-bond acceptors (Lipinski definition) is 10. The zero-order valence-electron chi connectivity index (χ0n) is 21.9. The molecule has 5 rings (SSSR count). The lowest BCUT2D eigenvalue weighted by molar-refractivity contribution is -0.197. The summed E-state index contributed by atoms with van der Waals surface area (Å²) in [4.78, 5) is 59.8. The van der Waals surface area contributed by atoms with Crippen molar-refractivity contribution in [2.45, 2.75) is 45.1 Å². The van der Waals surface area contributed by atoms with E-state index in [9.17, 15) is 23.7 Å². The van der Waals surface area contributed by atoms with Crippen LogP contribution in [0.1, 0.15) is 45.1 Å². The van der Waals surface area contributed by atoms with Gasteiger partial charge in [0.15, 0.2) is 0 Å². The molecule has 0 aliphatic carbocycles. The van der Waals surface area contributed by atoms with Crippen LogP contribution in [0.3, 0.4) is 0 Å². The highest BCUT2D eigenvalue weighted by Gasteiger charge is 2.35. The van der Waals surface area contributed by atoms with Gasteiger partial charge in [-0.15, -0.1) is 5.06 Å². The summed E-state index contributed by atoms with van der Waals surface area (Å²) in [7, 11) is -0.446. The minimum atomic E-state index is -0.675. The lowest BCUT2D eigenvalue weighted by atomic mass is 9.87. The molecule has 0 radical (unpaired) electrons. The van der Waals surface area contributed by atoms with Crippen molar-refractivity contribution < 1.29 is 32.7 Å². The van der Waals surface area contributed by atoms with Crippen LogP contribution in [0.25, 0.3) is 27.7 Å². The van der Waals surface area contributed by atoms with Crippen molar-refractivity contribution in [1.82, 2.24) is 10.0 Å². The van der Waals surface area contributed by atoms with E-state index < -0.39 is 37.6 Å². The Balaban J connectivity index is 1.45. The number of rotatable bonds is 9. The molecule has 0 atom stereocenters. The molecule has 2 amide bonds. The molecule has 2 aromatic heterocycles. The number of amides is 2. The standard InChI is InChI=1S/C28H26N3O8P/c1-28(2)15-19(16-37-40-36)20-12-18-13-21(17-7-9-29-10-8-17)27(35)38-23(18)14-22(20)30(28)11-3-4-26(34)39-31-24(32)5-6-25(31)33/h7-10,12-15H,3-6,11,16H2,1-2H3. The second-order valence-corrected chi connectivity index (χ2v) is 10.5. The Hall–Kier alpha value is -4.21. The maximum atomic E-state index is 12.9. The number of fused-ring (bicyclic) bond motifs is 2. The second-order valence-electron chi connectivity index (χ2n) is 10.1. The van der Waals surface area contributed by atoms with Gasteiger partial charge in [-0.25, -0.2) is 14.2 Å². The van der Waals surface area contributed by atoms with Gasteiger partial charge in [0.1, 0.15) is 5.58 Å². The molecule has 0 unspecified atom stereocenters. The topological polar surface area (TPSA) is 136 Å². The fraction of sp³-hybridized carbons (Fsp3) is 0.321. The SMILES string of the molecule is CC1(C)C=C(COP=O)c2cc3cc(-c4ccncc4)c(=O)oc3cc2N1CCCC(=O)ON1C(=O)CCC1=O. The van der Waals surface area contributed by atoms with Gasteiger partial charge in [-0.2, -0.15) is 0 Å². The minimum Gasteiger partial charge on any atom is -0.422 e. The van der Waals surface area contributed by atoms with Crippen LogP contribution in [0.15, 0.2) is 58.0 Å². The molecular formula is C28H26N3O8P. The fourth-order valence-corrected chi connectivity index (χ4v) is 5.26. The number of pyridine rings is 1. The fourth-order valence-electron chi connectivity index (χ4n) is 5.07. The molecule has 206 valence electrons. The molecule has 12 heteroatoms. The number of benzene rings is 1. The molecule has 2 aliphatic rings. The van der Waals surface area contributed by atoms with Crippen LogP contribution in [0.4, 0.5) is 5.69 Å². The van der Waals surface area contributed by atoms with E-state index in [-0.39, 0.29) is 25.9 Å². The molecule has 40 heavy (non-hydrogen) atoms. The molecule has 0 bridgehead atoms. The lowest BCUT2D eigenvalue weighted by Crippen LogP contribution is -2.46. The third-order valence-electron chi connectivity index (χ3n) is 6.94. The number of nitrogens with zero attached hydrogens (tertiary/aromatic N) is 3. The van der Waals surface area contributed by atoms with Crippen LogP contribution in [0, 0.1) is 0 Å². The van der Waals surface area contributed by atoms with Crippen LogP contribution in [0.2, 0.25) is 0 Å². The molecule has 11 nitrogen and oxygen atoms in total. The van der Waals surface area contributed by atoms with Gasteiger partial charge in [0.25, 0.3) is 11.8 Å². The molecule has 0 N–H and O–H groups in total. The first-order chi connectivity index (χ1) is 19.2. The van der Waals surface area contributed by atoms with E-state index in [2.05, 4.69) is 9.88 Å². The zero-order valence-corrected chi connectivity index (χ0v) is 22.8. The summed E-state index contributed by atoms with van der Waals surface area (Å²) < 4.78 is 22.0. The number of anilines is 1. The number of carbonyl (C=O) groups is 3. The van der Waals surface area contributed by atoms with Crippen LogP contribution < -0.4 is 10.5 Å². The Kier molecular flexibility index (Phi) is 7.60. The normalized spacial score (nSPS) is 16.4. The van der Waals surface area contributed by atoms with Crippen molar-refractivity contribution in [3.63, 3.8) is 0 Å². The van der Waals surface area contributed by atoms with Gasteiger partial charge < -0.3 is 14.2 Å². The van der Waals surface area contributed by atoms with Crippen molar-refractivity contribution in [3.05, 3.63) is 64.8 Å². The summed E-state index contributed by atoms with van der Waals surface area (Å²) in [6, 6.07) is 8.91. The third-order valence-corrected chi connectivity index (χ3v) is 7.17. The number of hydrogen-bond donors (Lipinski definition) is 0. The minimum absolute atomic E-state index is 0.0221. The lowest BCUT2D eigenvalue weighted by Gasteiger charge is -2.43. The predicted molar refractivity (Wildman–Crippen MR) is 145 cm³/mol. The quantitative estimate of drug-likeness (QED) is 0.209. The Bertz CT molecular complexity index is 1580. The highest BCUT2D eigenvalue weighted by atomic mass is 31.1. The number of aromatic nitrogens is 1. The van der Waals surface area contributed by atoms with Crippen LogP contribution >= 0.6 is 8.69 Å². The van der Waals surface area contributed by atoms with Crippen molar-refractivity contribution in [1.29, 1.82) is 0 Å². The van der Waals surface area contributed by atoms with Crippen LogP contribution in [0.5, 0.6) is 0 Å². The average Bonchev–Trinajstić information content (AvgIpc) is 3.24. The smallest absolute Gasteiger partial charge is 0.344 e. The van der Waals surface area contributed by atoms with Gasteiger partial charge in [0, 0.05) is 60.9 Å².